The average molecular weight is 281 g/mol. The lowest BCUT2D eigenvalue weighted by atomic mass is 9.90. The monoisotopic (exact) mass is 281 g/mol. The van der Waals surface area contributed by atoms with Gasteiger partial charge in [-0.15, -0.1) is 0 Å². The summed E-state index contributed by atoms with van der Waals surface area (Å²) >= 11 is 0. The third-order valence-corrected chi connectivity index (χ3v) is 4.08. The standard InChI is InChI=1S/C20H27N/c1-14(2)13-17-9-11-18(12-10-17)20(21-5)19-15(3)7-6-8-16(19)4/h6-12,14,20-21H,13H2,1-5H3. The van der Waals surface area contributed by atoms with Crippen LogP contribution in [0.25, 0.3) is 0 Å². The van der Waals surface area contributed by atoms with Crippen molar-refractivity contribution in [2.45, 2.75) is 40.2 Å². The van der Waals surface area contributed by atoms with Crippen molar-refractivity contribution in [3.8, 4) is 0 Å². The van der Waals surface area contributed by atoms with Gasteiger partial charge in [0.2, 0.25) is 0 Å². The number of hydrogen-bond donors (Lipinski definition) is 1. The number of hydrogen-bond acceptors (Lipinski definition) is 1. The Morgan fingerprint density at radius 1 is 0.905 bits per heavy atom. The lowest BCUT2D eigenvalue weighted by Crippen LogP contribution is -2.19. The first-order chi connectivity index (χ1) is 10.0. The van der Waals surface area contributed by atoms with Crippen molar-refractivity contribution < 1.29 is 0 Å². The molecule has 1 N–H and O–H groups in total. The summed E-state index contributed by atoms with van der Waals surface area (Å²) in [5.41, 5.74) is 6.85. The predicted octanol–water partition coefficient (Wildman–Crippen LogP) is 4.81. The molecule has 1 nitrogen and oxygen atoms in total. The fourth-order valence-electron chi connectivity index (χ4n) is 3.08. The van der Waals surface area contributed by atoms with Crippen LogP contribution in [-0.4, -0.2) is 7.05 Å². The first kappa shape index (κ1) is 15.8. The van der Waals surface area contributed by atoms with Crippen LogP contribution in [0.5, 0.6) is 0 Å². The first-order valence-electron chi connectivity index (χ1n) is 7.85. The van der Waals surface area contributed by atoms with Gasteiger partial charge in [-0.3, -0.25) is 0 Å². The summed E-state index contributed by atoms with van der Waals surface area (Å²) in [6, 6.07) is 15.9. The average Bonchev–Trinajstić information content (AvgIpc) is 2.44. The molecule has 0 spiro atoms. The summed E-state index contributed by atoms with van der Waals surface area (Å²) in [5, 5.41) is 3.48. The van der Waals surface area contributed by atoms with Crippen LogP contribution in [0.2, 0.25) is 0 Å². The van der Waals surface area contributed by atoms with E-state index in [1.165, 1.54) is 27.8 Å². The number of nitrogens with one attached hydrogen (secondary N) is 1. The maximum Gasteiger partial charge on any atom is 0.0579 e. The topological polar surface area (TPSA) is 12.0 Å². The molecule has 0 fully saturated rings. The molecule has 2 aromatic rings. The van der Waals surface area contributed by atoms with Gasteiger partial charge in [0.1, 0.15) is 0 Å². The normalized spacial score (nSPS) is 12.7. The van der Waals surface area contributed by atoms with Crippen LogP contribution in [0.15, 0.2) is 42.5 Å². The van der Waals surface area contributed by atoms with Gasteiger partial charge in [-0.25, -0.2) is 0 Å². The van der Waals surface area contributed by atoms with Crippen molar-refractivity contribution in [3.63, 3.8) is 0 Å². The molecule has 2 rings (SSSR count). The maximum atomic E-state index is 3.48. The third-order valence-electron chi connectivity index (χ3n) is 4.08. The molecule has 2 aromatic carbocycles. The molecule has 0 bridgehead atoms. The van der Waals surface area contributed by atoms with E-state index in [4.69, 9.17) is 0 Å². The highest BCUT2D eigenvalue weighted by Crippen LogP contribution is 2.28. The van der Waals surface area contributed by atoms with E-state index in [1.807, 2.05) is 7.05 Å². The minimum atomic E-state index is 0.263. The molecular formula is C20H27N. The second-order valence-corrected chi connectivity index (χ2v) is 6.37. The van der Waals surface area contributed by atoms with Crippen molar-refractivity contribution in [1.82, 2.24) is 5.32 Å². The SMILES string of the molecule is CNC(c1ccc(CC(C)C)cc1)c1c(C)cccc1C. The van der Waals surface area contributed by atoms with Crippen LogP contribution >= 0.6 is 0 Å². The van der Waals surface area contributed by atoms with E-state index in [9.17, 15) is 0 Å². The minimum absolute atomic E-state index is 0.263. The molecular weight excluding hydrogens is 254 g/mol. The van der Waals surface area contributed by atoms with Gasteiger partial charge in [0.25, 0.3) is 0 Å². The maximum absolute atomic E-state index is 3.48. The summed E-state index contributed by atoms with van der Waals surface area (Å²) in [6.07, 6.45) is 1.15. The molecule has 112 valence electrons. The fourth-order valence-corrected chi connectivity index (χ4v) is 3.08. The first-order valence-corrected chi connectivity index (χ1v) is 7.85. The quantitative estimate of drug-likeness (QED) is 0.829. The Kier molecular flexibility index (Phi) is 5.19. The molecule has 0 saturated carbocycles. The fraction of sp³-hybridized carbons (Fsp3) is 0.400. The van der Waals surface area contributed by atoms with Crippen LogP contribution in [0.1, 0.15) is 47.7 Å². The molecule has 0 aromatic heterocycles. The van der Waals surface area contributed by atoms with E-state index >= 15 is 0 Å². The lowest BCUT2D eigenvalue weighted by molar-refractivity contribution is 0.645. The molecule has 21 heavy (non-hydrogen) atoms. The van der Waals surface area contributed by atoms with E-state index in [1.54, 1.807) is 0 Å². The molecule has 0 heterocycles. The molecule has 0 radical (unpaired) electrons. The predicted molar refractivity (Wildman–Crippen MR) is 91.8 cm³/mol. The van der Waals surface area contributed by atoms with E-state index in [2.05, 4.69) is 75.5 Å². The Labute approximate surface area is 129 Å². The van der Waals surface area contributed by atoms with E-state index in [0.717, 1.165) is 6.42 Å². The van der Waals surface area contributed by atoms with Gasteiger partial charge >= 0.3 is 0 Å². The van der Waals surface area contributed by atoms with Crippen molar-refractivity contribution in [1.29, 1.82) is 0 Å². The zero-order valence-electron chi connectivity index (χ0n) is 13.9. The third kappa shape index (κ3) is 3.74. The van der Waals surface area contributed by atoms with Crippen LogP contribution < -0.4 is 5.32 Å². The minimum Gasteiger partial charge on any atom is -0.309 e. The van der Waals surface area contributed by atoms with E-state index in [-0.39, 0.29) is 6.04 Å². The Morgan fingerprint density at radius 3 is 1.95 bits per heavy atom. The summed E-state index contributed by atoms with van der Waals surface area (Å²) in [7, 11) is 2.04. The smallest absolute Gasteiger partial charge is 0.0579 e. The van der Waals surface area contributed by atoms with E-state index < -0.39 is 0 Å². The van der Waals surface area contributed by atoms with Crippen molar-refractivity contribution in [3.05, 3.63) is 70.3 Å². The van der Waals surface area contributed by atoms with Crippen LogP contribution in [0.3, 0.4) is 0 Å². The van der Waals surface area contributed by atoms with Gasteiger partial charge in [0, 0.05) is 0 Å². The Balaban J connectivity index is 2.33. The van der Waals surface area contributed by atoms with Crippen LogP contribution in [0.4, 0.5) is 0 Å². The van der Waals surface area contributed by atoms with Crippen molar-refractivity contribution in [2.24, 2.45) is 5.92 Å². The summed E-state index contributed by atoms with van der Waals surface area (Å²) in [4.78, 5) is 0. The highest BCUT2D eigenvalue weighted by molar-refractivity contribution is 5.42. The summed E-state index contributed by atoms with van der Waals surface area (Å²) in [6.45, 7) is 8.92. The number of benzene rings is 2. The van der Waals surface area contributed by atoms with Gasteiger partial charge in [0.05, 0.1) is 6.04 Å². The number of rotatable bonds is 5. The molecule has 1 heteroatoms. The van der Waals surface area contributed by atoms with Gasteiger partial charge in [-0.1, -0.05) is 56.3 Å². The van der Waals surface area contributed by atoms with Crippen molar-refractivity contribution in [2.75, 3.05) is 7.05 Å². The molecule has 0 aliphatic heterocycles. The molecule has 1 atom stereocenters. The highest BCUT2D eigenvalue weighted by Gasteiger charge is 2.16. The Morgan fingerprint density at radius 2 is 1.48 bits per heavy atom. The molecule has 0 aliphatic carbocycles. The molecule has 0 amide bonds. The zero-order chi connectivity index (χ0) is 15.4. The van der Waals surface area contributed by atoms with Gasteiger partial charge < -0.3 is 5.32 Å². The Hall–Kier alpha value is -1.60. The van der Waals surface area contributed by atoms with Gasteiger partial charge in [0.15, 0.2) is 0 Å². The second kappa shape index (κ2) is 6.91. The summed E-state index contributed by atoms with van der Waals surface area (Å²) < 4.78 is 0. The zero-order valence-corrected chi connectivity index (χ0v) is 13.9. The Bertz CT molecular complexity index is 561. The van der Waals surface area contributed by atoms with Gasteiger partial charge in [-0.05, 0) is 61.1 Å². The molecule has 0 aliphatic rings. The van der Waals surface area contributed by atoms with Crippen LogP contribution in [0, 0.1) is 19.8 Å². The van der Waals surface area contributed by atoms with Gasteiger partial charge in [-0.2, -0.15) is 0 Å². The summed E-state index contributed by atoms with van der Waals surface area (Å²) in [5.74, 6) is 0.703. The van der Waals surface area contributed by atoms with E-state index in [0.29, 0.717) is 5.92 Å². The molecule has 1 unspecified atom stereocenters. The highest BCUT2D eigenvalue weighted by atomic mass is 14.9. The largest absolute Gasteiger partial charge is 0.309 e. The van der Waals surface area contributed by atoms with Crippen LogP contribution in [-0.2, 0) is 6.42 Å². The second-order valence-electron chi connectivity index (χ2n) is 6.37. The van der Waals surface area contributed by atoms with Crippen molar-refractivity contribution >= 4 is 0 Å². The number of aryl methyl sites for hydroxylation is 2. The lowest BCUT2D eigenvalue weighted by Gasteiger charge is -2.22. The molecule has 0 saturated heterocycles.